The smallest absolute Gasteiger partial charge is 0.118 e. The maximum atomic E-state index is 10.3. The van der Waals surface area contributed by atoms with Gasteiger partial charge in [-0.1, -0.05) is 32.8 Å². The van der Waals surface area contributed by atoms with E-state index in [1.165, 1.54) is 5.57 Å². The van der Waals surface area contributed by atoms with Crippen molar-refractivity contribution in [2.24, 2.45) is 16.7 Å². The highest BCUT2D eigenvalue weighted by molar-refractivity contribution is 5.27. The first-order valence-corrected chi connectivity index (χ1v) is 6.79. The molecule has 1 saturated carbocycles. The van der Waals surface area contributed by atoms with Gasteiger partial charge >= 0.3 is 0 Å². The Labute approximate surface area is 110 Å². The van der Waals surface area contributed by atoms with Crippen LogP contribution in [0.25, 0.3) is 0 Å². The molecular weight excluding hydrogens is 224 g/mol. The Morgan fingerprint density at radius 2 is 2.17 bits per heavy atom. The summed E-state index contributed by atoms with van der Waals surface area (Å²) in [4.78, 5) is 0. The summed E-state index contributed by atoms with van der Waals surface area (Å²) >= 11 is 0. The van der Waals surface area contributed by atoms with Gasteiger partial charge < -0.3 is 9.84 Å². The molecule has 0 unspecified atom stereocenters. The second-order valence-corrected chi connectivity index (χ2v) is 6.51. The van der Waals surface area contributed by atoms with Crippen LogP contribution in [0.2, 0.25) is 0 Å². The molecular formula is C16H24O2. The zero-order valence-electron chi connectivity index (χ0n) is 11.9. The number of fused-ring (bicyclic) bond motifs is 1. The minimum absolute atomic E-state index is 0.0407. The number of ether oxygens (including phenoxy) is 1. The van der Waals surface area contributed by atoms with Crippen molar-refractivity contribution >= 4 is 0 Å². The number of terminal acetylenes is 1. The lowest BCUT2D eigenvalue weighted by molar-refractivity contribution is -0.0955. The van der Waals surface area contributed by atoms with E-state index in [1.807, 2.05) is 6.92 Å². The monoisotopic (exact) mass is 248 g/mol. The zero-order chi connectivity index (χ0) is 13.6. The maximum Gasteiger partial charge on any atom is 0.118 e. The summed E-state index contributed by atoms with van der Waals surface area (Å²) in [5, 5.41) is 10.3. The van der Waals surface area contributed by atoms with Gasteiger partial charge in [-0.05, 0) is 30.8 Å². The van der Waals surface area contributed by atoms with E-state index in [9.17, 15) is 5.11 Å². The standard InChI is InChI=1S/C16H24O2/c1-6-11-10-18-13-8-9-15(3,4)14(12(17)7-2)16(11,13)5/h2,6,12-14,17H,8-10H2,1,3-5H3/b11-6+/t12-,13-,14-,16-/m0/s1. The average molecular weight is 248 g/mol. The van der Waals surface area contributed by atoms with E-state index in [-0.39, 0.29) is 22.9 Å². The summed E-state index contributed by atoms with van der Waals surface area (Å²) in [6.07, 6.45) is 9.22. The molecule has 1 N–H and O–H groups in total. The van der Waals surface area contributed by atoms with E-state index in [1.54, 1.807) is 0 Å². The van der Waals surface area contributed by atoms with Crippen LogP contribution in [-0.2, 0) is 4.74 Å². The highest BCUT2D eigenvalue weighted by atomic mass is 16.5. The Morgan fingerprint density at radius 1 is 1.50 bits per heavy atom. The number of hydrogen-bond donors (Lipinski definition) is 1. The zero-order valence-corrected chi connectivity index (χ0v) is 11.9. The molecule has 2 nitrogen and oxygen atoms in total. The summed E-state index contributed by atoms with van der Waals surface area (Å²) in [6, 6.07) is 0. The van der Waals surface area contributed by atoms with Crippen LogP contribution in [0.5, 0.6) is 0 Å². The summed E-state index contributed by atoms with van der Waals surface area (Å²) in [6.45, 7) is 9.37. The van der Waals surface area contributed by atoms with Crippen LogP contribution in [-0.4, -0.2) is 23.9 Å². The fourth-order valence-corrected chi connectivity index (χ4v) is 4.23. The molecule has 1 aliphatic carbocycles. The van der Waals surface area contributed by atoms with Crippen LogP contribution >= 0.6 is 0 Å². The predicted octanol–water partition coefficient (Wildman–Crippen LogP) is 2.77. The maximum absolute atomic E-state index is 10.3. The summed E-state index contributed by atoms with van der Waals surface area (Å²) in [5.41, 5.74) is 1.21. The predicted molar refractivity (Wildman–Crippen MR) is 72.9 cm³/mol. The van der Waals surface area contributed by atoms with Crippen molar-refractivity contribution < 1.29 is 9.84 Å². The van der Waals surface area contributed by atoms with Gasteiger partial charge in [-0.2, -0.15) is 0 Å². The molecule has 100 valence electrons. The van der Waals surface area contributed by atoms with Gasteiger partial charge in [-0.3, -0.25) is 0 Å². The molecule has 0 aromatic rings. The minimum atomic E-state index is -0.704. The topological polar surface area (TPSA) is 29.5 Å². The van der Waals surface area contributed by atoms with Gasteiger partial charge in [0.15, 0.2) is 0 Å². The second-order valence-electron chi connectivity index (χ2n) is 6.51. The fraction of sp³-hybridized carbons (Fsp3) is 0.750. The largest absolute Gasteiger partial charge is 0.380 e. The van der Waals surface area contributed by atoms with Crippen LogP contribution in [0.4, 0.5) is 0 Å². The van der Waals surface area contributed by atoms with E-state index in [0.717, 1.165) is 12.8 Å². The molecule has 2 heteroatoms. The summed E-state index contributed by atoms with van der Waals surface area (Å²) in [7, 11) is 0. The summed E-state index contributed by atoms with van der Waals surface area (Å²) in [5.74, 6) is 2.60. The van der Waals surface area contributed by atoms with Crippen LogP contribution in [0.1, 0.15) is 40.5 Å². The van der Waals surface area contributed by atoms with Crippen molar-refractivity contribution in [2.75, 3.05) is 6.61 Å². The fourth-order valence-electron chi connectivity index (χ4n) is 4.23. The molecule has 1 saturated heterocycles. The lowest BCUT2D eigenvalue weighted by atomic mass is 9.52. The Kier molecular flexibility index (Phi) is 3.34. The van der Waals surface area contributed by atoms with E-state index >= 15 is 0 Å². The van der Waals surface area contributed by atoms with Gasteiger partial charge in [0.2, 0.25) is 0 Å². The number of hydrogen-bond acceptors (Lipinski definition) is 2. The molecule has 1 heterocycles. The lowest BCUT2D eigenvalue weighted by Crippen LogP contribution is -2.53. The van der Waals surface area contributed by atoms with Crippen molar-refractivity contribution in [3.05, 3.63) is 11.6 Å². The quantitative estimate of drug-likeness (QED) is 0.571. The Hall–Kier alpha value is -0.780. The highest BCUT2D eigenvalue weighted by Crippen LogP contribution is 2.59. The van der Waals surface area contributed by atoms with Crippen LogP contribution in [0, 0.1) is 29.1 Å². The first-order valence-electron chi connectivity index (χ1n) is 6.79. The van der Waals surface area contributed by atoms with Crippen molar-refractivity contribution in [1.82, 2.24) is 0 Å². The molecule has 0 aromatic heterocycles. The first kappa shape index (κ1) is 13.6. The van der Waals surface area contributed by atoms with E-state index in [2.05, 4.69) is 32.8 Å². The first-order chi connectivity index (χ1) is 8.37. The van der Waals surface area contributed by atoms with Crippen LogP contribution in [0.3, 0.4) is 0 Å². The third kappa shape index (κ3) is 1.73. The minimum Gasteiger partial charge on any atom is -0.380 e. The number of allylic oxidation sites excluding steroid dienone is 1. The van der Waals surface area contributed by atoms with Crippen molar-refractivity contribution in [2.45, 2.75) is 52.7 Å². The normalized spacial score (nSPS) is 42.3. The van der Waals surface area contributed by atoms with Gasteiger partial charge in [0.05, 0.1) is 12.7 Å². The average Bonchev–Trinajstić information content (AvgIpc) is 2.63. The molecule has 1 aliphatic heterocycles. The Balaban J connectivity index is 2.50. The molecule has 0 bridgehead atoms. The molecule has 0 radical (unpaired) electrons. The molecule has 4 atom stereocenters. The van der Waals surface area contributed by atoms with E-state index < -0.39 is 6.10 Å². The van der Waals surface area contributed by atoms with Crippen LogP contribution < -0.4 is 0 Å². The molecule has 0 spiro atoms. The van der Waals surface area contributed by atoms with Gasteiger partial charge in [0.1, 0.15) is 6.10 Å². The third-order valence-corrected chi connectivity index (χ3v) is 5.17. The van der Waals surface area contributed by atoms with Gasteiger partial charge in [-0.15, -0.1) is 6.42 Å². The number of aliphatic hydroxyl groups excluding tert-OH is 1. The van der Waals surface area contributed by atoms with Gasteiger partial charge in [0.25, 0.3) is 0 Å². The van der Waals surface area contributed by atoms with Crippen LogP contribution in [0.15, 0.2) is 11.6 Å². The van der Waals surface area contributed by atoms with E-state index in [0.29, 0.717) is 6.61 Å². The Bertz CT molecular complexity index is 402. The Morgan fingerprint density at radius 3 is 2.72 bits per heavy atom. The highest BCUT2D eigenvalue weighted by Gasteiger charge is 2.58. The molecule has 2 rings (SSSR count). The summed E-state index contributed by atoms with van der Waals surface area (Å²) < 4.78 is 5.93. The van der Waals surface area contributed by atoms with Gasteiger partial charge in [0, 0.05) is 11.3 Å². The van der Waals surface area contributed by atoms with Gasteiger partial charge in [-0.25, -0.2) is 0 Å². The lowest BCUT2D eigenvalue weighted by Gasteiger charge is -2.52. The molecule has 0 aromatic carbocycles. The number of rotatable bonds is 1. The van der Waals surface area contributed by atoms with Crippen molar-refractivity contribution in [3.8, 4) is 12.3 Å². The van der Waals surface area contributed by atoms with Crippen molar-refractivity contribution in [1.29, 1.82) is 0 Å². The molecule has 0 amide bonds. The van der Waals surface area contributed by atoms with E-state index in [4.69, 9.17) is 11.2 Å². The molecule has 2 aliphatic rings. The molecule has 18 heavy (non-hydrogen) atoms. The molecule has 2 fully saturated rings. The second kappa shape index (κ2) is 4.40. The third-order valence-electron chi connectivity index (χ3n) is 5.17. The van der Waals surface area contributed by atoms with Crippen molar-refractivity contribution in [3.63, 3.8) is 0 Å². The SMILES string of the molecule is C#C[C@H](O)[C@H]1C(C)(C)CC[C@@H]2OC/C(=C\C)[C@@]21C. The number of aliphatic hydroxyl groups is 1.